The summed E-state index contributed by atoms with van der Waals surface area (Å²) in [6, 6.07) is 64.6. The number of furan rings is 2. The van der Waals surface area contributed by atoms with E-state index in [1.54, 1.807) is 0 Å². The molecule has 5 heteroatoms. The lowest BCUT2D eigenvalue weighted by molar-refractivity contribution is 0.668. The molecule has 5 nitrogen and oxygen atoms in total. The Labute approximate surface area is 322 Å². The van der Waals surface area contributed by atoms with Crippen molar-refractivity contribution in [2.45, 2.75) is 0 Å². The first-order valence-corrected chi connectivity index (χ1v) is 18.7. The molecule has 0 N–H and O–H groups in total. The zero-order valence-electron chi connectivity index (χ0n) is 30.1. The van der Waals surface area contributed by atoms with Crippen molar-refractivity contribution in [1.29, 1.82) is 0 Å². The van der Waals surface area contributed by atoms with E-state index < -0.39 is 0 Å². The van der Waals surface area contributed by atoms with E-state index in [4.69, 9.17) is 23.8 Å². The molecule has 0 aliphatic carbocycles. The third-order valence-electron chi connectivity index (χ3n) is 10.5. The molecule has 11 rings (SSSR count). The first kappa shape index (κ1) is 31.9. The molecule has 56 heavy (non-hydrogen) atoms. The molecule has 0 saturated carbocycles. The molecule has 8 aromatic carbocycles. The van der Waals surface area contributed by atoms with E-state index in [1.165, 1.54) is 0 Å². The standard InChI is InChI=1S/C51H31N3O2/c1-4-12-32(13-5-1)34-20-22-36(23-21-34)50-52-49(35-16-8-3-9-17-35)53-51(54-50)38-24-26-41-43-28-37(25-27-46(43)55-47(41)31-38)42-29-39(33-14-6-2-7-15-33)30-44-40-18-10-11-19-45(40)56-48(42)44/h1-31H. The van der Waals surface area contributed by atoms with E-state index >= 15 is 0 Å². The minimum atomic E-state index is 0.578. The second-order valence-corrected chi connectivity index (χ2v) is 14.0. The fourth-order valence-corrected chi connectivity index (χ4v) is 7.72. The Balaban J connectivity index is 1.02. The Morgan fingerprint density at radius 1 is 0.268 bits per heavy atom. The number of rotatable bonds is 6. The smallest absolute Gasteiger partial charge is 0.164 e. The van der Waals surface area contributed by atoms with Crippen LogP contribution in [0.4, 0.5) is 0 Å². The Bertz CT molecular complexity index is 3220. The number of aromatic nitrogens is 3. The monoisotopic (exact) mass is 717 g/mol. The number of hydrogen-bond donors (Lipinski definition) is 0. The van der Waals surface area contributed by atoms with Gasteiger partial charge in [0, 0.05) is 43.8 Å². The van der Waals surface area contributed by atoms with Gasteiger partial charge in [0.15, 0.2) is 17.5 Å². The predicted molar refractivity (Wildman–Crippen MR) is 227 cm³/mol. The quantitative estimate of drug-likeness (QED) is 0.171. The summed E-state index contributed by atoms with van der Waals surface area (Å²) < 4.78 is 13.1. The van der Waals surface area contributed by atoms with E-state index in [2.05, 4.69) is 127 Å². The molecule has 0 unspecified atom stereocenters. The molecule has 0 radical (unpaired) electrons. The molecule has 0 spiro atoms. The lowest BCUT2D eigenvalue weighted by Gasteiger charge is -2.09. The second-order valence-electron chi connectivity index (χ2n) is 14.0. The number of benzene rings is 8. The van der Waals surface area contributed by atoms with Crippen LogP contribution in [0.2, 0.25) is 0 Å². The molecule has 0 fully saturated rings. The molecule has 262 valence electrons. The summed E-state index contributed by atoms with van der Waals surface area (Å²) in [7, 11) is 0. The molecule has 0 amide bonds. The minimum Gasteiger partial charge on any atom is -0.456 e. The average molecular weight is 718 g/mol. The van der Waals surface area contributed by atoms with Gasteiger partial charge in [-0.25, -0.2) is 15.0 Å². The van der Waals surface area contributed by atoms with E-state index in [0.29, 0.717) is 17.5 Å². The van der Waals surface area contributed by atoms with Crippen LogP contribution in [0.3, 0.4) is 0 Å². The van der Waals surface area contributed by atoms with E-state index in [9.17, 15) is 0 Å². The topological polar surface area (TPSA) is 65.0 Å². The average Bonchev–Trinajstić information content (AvgIpc) is 3.84. The molecule has 0 aliphatic rings. The van der Waals surface area contributed by atoms with Crippen LogP contribution in [0.25, 0.3) is 111 Å². The lowest BCUT2D eigenvalue weighted by atomic mass is 9.95. The van der Waals surface area contributed by atoms with Crippen LogP contribution in [0.15, 0.2) is 197 Å². The predicted octanol–water partition coefficient (Wildman–Crippen LogP) is 13.7. The van der Waals surface area contributed by atoms with Gasteiger partial charge in [-0.2, -0.15) is 0 Å². The Morgan fingerprint density at radius 2 is 0.750 bits per heavy atom. The van der Waals surface area contributed by atoms with Crippen LogP contribution >= 0.6 is 0 Å². The maximum absolute atomic E-state index is 6.54. The normalized spacial score (nSPS) is 11.6. The maximum atomic E-state index is 6.54. The van der Waals surface area contributed by atoms with Gasteiger partial charge in [-0.05, 0) is 70.3 Å². The van der Waals surface area contributed by atoms with Gasteiger partial charge in [0.2, 0.25) is 0 Å². The van der Waals surface area contributed by atoms with Crippen molar-refractivity contribution in [3.05, 3.63) is 188 Å². The summed E-state index contributed by atoms with van der Waals surface area (Å²) in [6.07, 6.45) is 0. The van der Waals surface area contributed by atoms with Crippen molar-refractivity contribution in [1.82, 2.24) is 15.0 Å². The van der Waals surface area contributed by atoms with Gasteiger partial charge in [0.05, 0.1) is 0 Å². The summed E-state index contributed by atoms with van der Waals surface area (Å²) >= 11 is 0. The van der Waals surface area contributed by atoms with Gasteiger partial charge < -0.3 is 8.83 Å². The van der Waals surface area contributed by atoms with Crippen LogP contribution in [-0.4, -0.2) is 15.0 Å². The first-order chi connectivity index (χ1) is 27.7. The summed E-state index contributed by atoms with van der Waals surface area (Å²) in [4.78, 5) is 15.0. The van der Waals surface area contributed by atoms with Crippen molar-refractivity contribution in [3.8, 4) is 67.5 Å². The molecule has 0 bridgehead atoms. The van der Waals surface area contributed by atoms with Crippen molar-refractivity contribution in [2.24, 2.45) is 0 Å². The molecular formula is C51H31N3O2. The molecule has 0 aliphatic heterocycles. The highest BCUT2D eigenvalue weighted by molar-refractivity contribution is 6.13. The summed E-state index contributed by atoms with van der Waals surface area (Å²) in [6.45, 7) is 0. The molecule has 3 aromatic heterocycles. The molecule has 0 atom stereocenters. The van der Waals surface area contributed by atoms with Crippen LogP contribution in [-0.2, 0) is 0 Å². The Hall–Kier alpha value is -7.63. The number of hydrogen-bond acceptors (Lipinski definition) is 5. The summed E-state index contributed by atoms with van der Waals surface area (Å²) in [5.74, 6) is 1.80. The van der Waals surface area contributed by atoms with Gasteiger partial charge >= 0.3 is 0 Å². The second kappa shape index (κ2) is 13.0. The summed E-state index contributed by atoms with van der Waals surface area (Å²) in [5.41, 5.74) is 12.7. The van der Waals surface area contributed by atoms with Gasteiger partial charge in [0.1, 0.15) is 22.3 Å². The van der Waals surface area contributed by atoms with Gasteiger partial charge in [-0.3, -0.25) is 0 Å². The van der Waals surface area contributed by atoms with Gasteiger partial charge in [0.25, 0.3) is 0 Å². The molecule has 11 aromatic rings. The zero-order chi connectivity index (χ0) is 37.0. The SMILES string of the molecule is c1ccc(-c2ccc(-c3nc(-c4ccccc4)nc(-c4ccc5c(c4)oc4ccc(-c6cc(-c7ccccc7)cc7c6oc6ccccc67)cc45)n3)cc2)cc1. The molecular weight excluding hydrogens is 687 g/mol. The highest BCUT2D eigenvalue weighted by Gasteiger charge is 2.18. The summed E-state index contributed by atoms with van der Waals surface area (Å²) in [5, 5.41) is 4.24. The van der Waals surface area contributed by atoms with Crippen LogP contribution in [0.5, 0.6) is 0 Å². The van der Waals surface area contributed by atoms with E-state index in [1.807, 2.05) is 60.7 Å². The largest absolute Gasteiger partial charge is 0.456 e. The van der Waals surface area contributed by atoms with E-state index in [0.717, 1.165) is 93.9 Å². The zero-order valence-corrected chi connectivity index (χ0v) is 30.1. The van der Waals surface area contributed by atoms with Crippen molar-refractivity contribution in [2.75, 3.05) is 0 Å². The molecule has 3 heterocycles. The number of nitrogens with zero attached hydrogens (tertiary/aromatic N) is 3. The van der Waals surface area contributed by atoms with Gasteiger partial charge in [-0.15, -0.1) is 0 Å². The van der Waals surface area contributed by atoms with Crippen molar-refractivity contribution >= 4 is 43.9 Å². The Morgan fingerprint density at radius 3 is 1.46 bits per heavy atom. The fourth-order valence-electron chi connectivity index (χ4n) is 7.72. The van der Waals surface area contributed by atoms with Crippen molar-refractivity contribution in [3.63, 3.8) is 0 Å². The molecule has 0 saturated heterocycles. The number of para-hydroxylation sites is 1. The highest BCUT2D eigenvalue weighted by Crippen LogP contribution is 2.42. The minimum absolute atomic E-state index is 0.578. The number of fused-ring (bicyclic) bond motifs is 6. The van der Waals surface area contributed by atoms with Crippen molar-refractivity contribution < 1.29 is 8.83 Å². The third kappa shape index (κ3) is 5.53. The first-order valence-electron chi connectivity index (χ1n) is 18.7. The lowest BCUT2D eigenvalue weighted by Crippen LogP contribution is -2.00. The van der Waals surface area contributed by atoms with Gasteiger partial charge in [-0.1, -0.05) is 146 Å². The highest BCUT2D eigenvalue weighted by atomic mass is 16.3. The van der Waals surface area contributed by atoms with E-state index in [-0.39, 0.29) is 0 Å². The van der Waals surface area contributed by atoms with Crippen LogP contribution in [0.1, 0.15) is 0 Å². The van der Waals surface area contributed by atoms with Crippen LogP contribution in [0, 0.1) is 0 Å². The van der Waals surface area contributed by atoms with Crippen LogP contribution < -0.4 is 0 Å². The Kier molecular flexibility index (Phi) is 7.42. The maximum Gasteiger partial charge on any atom is 0.164 e. The fraction of sp³-hybridized carbons (Fsp3) is 0. The third-order valence-corrected chi connectivity index (χ3v) is 10.5.